The number of aliphatic hydroxyl groups is 1. The normalized spacial score (nSPS) is 17.9. The predicted molar refractivity (Wildman–Crippen MR) is 113 cm³/mol. The summed E-state index contributed by atoms with van der Waals surface area (Å²) >= 11 is 0. The van der Waals surface area contributed by atoms with Gasteiger partial charge in [-0.2, -0.15) is 0 Å². The van der Waals surface area contributed by atoms with Gasteiger partial charge in [-0.05, 0) is 19.2 Å². The number of fused-ring (bicyclic) bond motifs is 1. The molecule has 3 aromatic rings. The van der Waals surface area contributed by atoms with E-state index in [1.807, 2.05) is 48.5 Å². The van der Waals surface area contributed by atoms with Crippen molar-refractivity contribution in [1.82, 2.24) is 14.8 Å². The molecule has 4 rings (SSSR count). The number of carbonyl (C=O) groups is 1. The van der Waals surface area contributed by atoms with Crippen LogP contribution in [0, 0.1) is 0 Å². The van der Waals surface area contributed by atoms with Gasteiger partial charge in [0.2, 0.25) is 0 Å². The molecule has 0 bridgehead atoms. The molecule has 0 unspecified atom stereocenters. The van der Waals surface area contributed by atoms with Crippen LogP contribution in [0.5, 0.6) is 5.75 Å². The Morgan fingerprint density at radius 3 is 2.52 bits per heavy atom. The SMILES string of the molecule is COc1ccccc1[C@H]([C@@H](O)C(=O)c1c[nH]c2ccccc12)N1CCN(C)CC1. The number of nitrogens with one attached hydrogen (secondary N) is 1. The van der Waals surface area contributed by atoms with Crippen molar-refractivity contribution in [3.63, 3.8) is 0 Å². The summed E-state index contributed by atoms with van der Waals surface area (Å²) in [5.74, 6) is 0.402. The lowest BCUT2D eigenvalue weighted by Crippen LogP contribution is -2.50. The lowest BCUT2D eigenvalue weighted by Gasteiger charge is -2.40. The molecule has 1 fully saturated rings. The molecule has 1 aliphatic rings. The summed E-state index contributed by atoms with van der Waals surface area (Å²) in [7, 11) is 3.71. The molecular formula is C23H27N3O3. The third-order valence-corrected chi connectivity index (χ3v) is 5.81. The first-order chi connectivity index (χ1) is 14.1. The van der Waals surface area contributed by atoms with Gasteiger partial charge in [0.1, 0.15) is 11.9 Å². The van der Waals surface area contributed by atoms with Crippen LogP contribution < -0.4 is 4.74 Å². The van der Waals surface area contributed by atoms with Gasteiger partial charge in [0.05, 0.1) is 13.2 Å². The molecule has 0 aliphatic carbocycles. The van der Waals surface area contributed by atoms with Gasteiger partial charge in [0.15, 0.2) is 5.78 Å². The van der Waals surface area contributed by atoms with Crippen molar-refractivity contribution in [1.29, 1.82) is 0 Å². The van der Waals surface area contributed by atoms with Gasteiger partial charge in [-0.3, -0.25) is 9.69 Å². The number of benzene rings is 2. The number of nitrogens with zero attached hydrogens (tertiary/aromatic N) is 2. The smallest absolute Gasteiger partial charge is 0.195 e. The number of rotatable bonds is 6. The number of carbonyl (C=O) groups excluding carboxylic acids is 1. The standard InChI is InChI=1S/C23H27N3O3/c1-25-11-13-26(14-12-25)21(17-8-4-6-10-20(17)29-2)23(28)22(27)18-15-24-19-9-5-3-7-16(18)19/h3-10,15,21,23-24,28H,11-14H2,1-2H3/t21-,23-/m1/s1. The van der Waals surface area contributed by atoms with Crippen LogP contribution in [-0.2, 0) is 0 Å². The second-order valence-corrected chi connectivity index (χ2v) is 7.58. The van der Waals surface area contributed by atoms with Crippen LogP contribution in [0.4, 0.5) is 0 Å². The van der Waals surface area contributed by atoms with Crippen LogP contribution in [0.15, 0.2) is 54.7 Å². The van der Waals surface area contributed by atoms with Gasteiger partial charge < -0.3 is 19.7 Å². The molecule has 2 atom stereocenters. The Labute approximate surface area is 170 Å². The summed E-state index contributed by atoms with van der Waals surface area (Å²) in [6.45, 7) is 3.33. The van der Waals surface area contributed by atoms with Crippen molar-refractivity contribution in [3.8, 4) is 5.75 Å². The number of aliphatic hydroxyl groups excluding tert-OH is 1. The highest BCUT2D eigenvalue weighted by molar-refractivity contribution is 6.10. The Morgan fingerprint density at radius 2 is 1.76 bits per heavy atom. The van der Waals surface area contributed by atoms with Crippen LogP contribution in [0.1, 0.15) is 22.0 Å². The number of H-pyrrole nitrogens is 1. The first-order valence-electron chi connectivity index (χ1n) is 9.94. The highest BCUT2D eigenvalue weighted by Crippen LogP contribution is 2.34. The highest BCUT2D eigenvalue weighted by Gasteiger charge is 2.36. The number of Topliss-reactive ketones (excluding diaryl/α,β-unsaturated/α-hetero) is 1. The van der Waals surface area contributed by atoms with Gasteiger partial charge in [-0.15, -0.1) is 0 Å². The summed E-state index contributed by atoms with van der Waals surface area (Å²) in [6, 6.07) is 14.8. The fourth-order valence-corrected chi connectivity index (χ4v) is 4.16. The van der Waals surface area contributed by atoms with Gasteiger partial charge >= 0.3 is 0 Å². The first kappa shape index (κ1) is 19.6. The Bertz CT molecular complexity index is 992. The lowest BCUT2D eigenvalue weighted by molar-refractivity contribution is 0.0220. The second kappa shape index (κ2) is 8.37. The Hall–Kier alpha value is -2.67. The van der Waals surface area contributed by atoms with E-state index in [-0.39, 0.29) is 5.78 Å². The maximum atomic E-state index is 13.4. The molecule has 152 valence electrons. The van der Waals surface area contributed by atoms with E-state index in [2.05, 4.69) is 21.8 Å². The van der Waals surface area contributed by atoms with Crippen molar-refractivity contribution < 1.29 is 14.6 Å². The van der Waals surface area contributed by atoms with Crippen molar-refractivity contribution in [2.75, 3.05) is 40.3 Å². The maximum Gasteiger partial charge on any atom is 0.195 e. The summed E-state index contributed by atoms with van der Waals surface area (Å²) in [5.41, 5.74) is 2.24. The van der Waals surface area contributed by atoms with E-state index in [9.17, 15) is 9.90 Å². The number of piperazine rings is 1. The van der Waals surface area contributed by atoms with Gasteiger partial charge in [-0.1, -0.05) is 36.4 Å². The lowest BCUT2D eigenvalue weighted by atomic mass is 9.92. The number of ether oxygens (including phenoxy) is 1. The molecular weight excluding hydrogens is 366 g/mol. The van der Waals surface area contributed by atoms with Crippen molar-refractivity contribution in [3.05, 3.63) is 65.9 Å². The van der Waals surface area contributed by atoms with E-state index in [1.54, 1.807) is 13.3 Å². The number of para-hydroxylation sites is 2. The minimum absolute atomic E-state index is 0.280. The number of ketones is 1. The van der Waals surface area contributed by atoms with Crippen molar-refractivity contribution >= 4 is 16.7 Å². The number of hydrogen-bond donors (Lipinski definition) is 2. The van der Waals surface area contributed by atoms with Crippen LogP contribution in [0.25, 0.3) is 10.9 Å². The third kappa shape index (κ3) is 3.79. The second-order valence-electron chi connectivity index (χ2n) is 7.58. The van der Waals surface area contributed by atoms with E-state index < -0.39 is 12.1 Å². The maximum absolute atomic E-state index is 13.4. The van der Waals surface area contributed by atoms with E-state index in [0.717, 1.165) is 42.6 Å². The number of methoxy groups -OCH3 is 1. The average Bonchev–Trinajstić information content (AvgIpc) is 3.19. The topological polar surface area (TPSA) is 68.8 Å². The molecule has 6 nitrogen and oxygen atoms in total. The molecule has 0 spiro atoms. The molecule has 1 aliphatic heterocycles. The molecule has 1 saturated heterocycles. The fourth-order valence-electron chi connectivity index (χ4n) is 4.16. The first-order valence-corrected chi connectivity index (χ1v) is 9.94. The van der Waals surface area contributed by atoms with Gasteiger partial charge in [-0.25, -0.2) is 0 Å². The van der Waals surface area contributed by atoms with Crippen molar-refractivity contribution in [2.45, 2.75) is 12.1 Å². The summed E-state index contributed by atoms with van der Waals surface area (Å²) in [6.07, 6.45) is 0.494. The molecule has 0 saturated carbocycles. The quantitative estimate of drug-likeness (QED) is 0.631. The zero-order chi connectivity index (χ0) is 20.4. The average molecular weight is 393 g/mol. The van der Waals surface area contributed by atoms with Crippen LogP contribution in [-0.4, -0.2) is 72.1 Å². The predicted octanol–water partition coefficient (Wildman–Crippen LogP) is 2.71. The summed E-state index contributed by atoms with van der Waals surface area (Å²) < 4.78 is 5.56. The number of aromatic amines is 1. The Kier molecular flexibility index (Phi) is 5.67. The van der Waals surface area contributed by atoms with E-state index in [0.29, 0.717) is 11.3 Å². The Balaban J connectivity index is 1.72. The number of likely N-dealkylation sites (N-methyl/N-ethyl adjacent to an activating group) is 1. The molecule has 2 heterocycles. The summed E-state index contributed by atoms with van der Waals surface area (Å²) in [5, 5.41) is 12.2. The monoisotopic (exact) mass is 393 g/mol. The molecule has 2 aromatic carbocycles. The molecule has 0 amide bonds. The van der Waals surface area contributed by atoms with E-state index in [1.165, 1.54) is 0 Å². The van der Waals surface area contributed by atoms with Crippen molar-refractivity contribution in [2.24, 2.45) is 0 Å². The summed E-state index contributed by atoms with van der Waals surface area (Å²) in [4.78, 5) is 21.0. The molecule has 2 N–H and O–H groups in total. The zero-order valence-corrected chi connectivity index (χ0v) is 16.8. The molecule has 1 aromatic heterocycles. The van der Waals surface area contributed by atoms with Crippen LogP contribution in [0.2, 0.25) is 0 Å². The minimum Gasteiger partial charge on any atom is -0.496 e. The number of hydrogen-bond acceptors (Lipinski definition) is 5. The van der Waals surface area contributed by atoms with Gasteiger partial charge in [0.25, 0.3) is 0 Å². The minimum atomic E-state index is -1.20. The molecule has 0 radical (unpaired) electrons. The van der Waals surface area contributed by atoms with E-state index >= 15 is 0 Å². The van der Waals surface area contributed by atoms with Crippen LogP contribution >= 0.6 is 0 Å². The van der Waals surface area contributed by atoms with Crippen LogP contribution in [0.3, 0.4) is 0 Å². The van der Waals surface area contributed by atoms with E-state index in [4.69, 9.17) is 4.74 Å². The highest BCUT2D eigenvalue weighted by atomic mass is 16.5. The largest absolute Gasteiger partial charge is 0.496 e. The molecule has 6 heteroatoms. The Morgan fingerprint density at radius 1 is 1.07 bits per heavy atom. The molecule has 29 heavy (non-hydrogen) atoms. The number of aromatic nitrogens is 1. The zero-order valence-electron chi connectivity index (χ0n) is 16.8. The van der Waals surface area contributed by atoms with Gasteiger partial charge in [0, 0.05) is 54.4 Å². The third-order valence-electron chi connectivity index (χ3n) is 5.81. The fraction of sp³-hybridized carbons (Fsp3) is 0.348.